The Morgan fingerprint density at radius 1 is 1.06 bits per heavy atom. The van der Waals surface area contributed by atoms with Crippen LogP contribution in [0.25, 0.3) is 33.3 Å². The Morgan fingerprint density at radius 3 is 2.71 bits per heavy atom. The lowest BCUT2D eigenvalue weighted by Gasteiger charge is -2.18. The van der Waals surface area contributed by atoms with Crippen molar-refractivity contribution < 1.29 is 4.42 Å². The third-order valence-electron chi connectivity index (χ3n) is 5.26. The fourth-order valence-electron chi connectivity index (χ4n) is 3.65. The van der Waals surface area contributed by atoms with Crippen molar-refractivity contribution >= 4 is 27.8 Å². The van der Waals surface area contributed by atoms with Crippen LogP contribution in [0, 0.1) is 11.3 Å². The van der Waals surface area contributed by atoms with Crippen molar-refractivity contribution in [3.63, 3.8) is 0 Å². The van der Waals surface area contributed by atoms with E-state index in [9.17, 15) is 10.1 Å². The fourth-order valence-corrected chi connectivity index (χ4v) is 3.65. The molecule has 0 aliphatic rings. The highest BCUT2D eigenvalue weighted by molar-refractivity contribution is 5.97. The largest absolute Gasteiger partial charge is 0.418 e. The molecule has 7 heteroatoms. The van der Waals surface area contributed by atoms with Gasteiger partial charge in [-0.05, 0) is 36.2 Å². The van der Waals surface area contributed by atoms with Gasteiger partial charge in [-0.2, -0.15) is 5.26 Å². The second kappa shape index (κ2) is 7.43. The van der Waals surface area contributed by atoms with E-state index in [2.05, 4.69) is 33.3 Å². The molecule has 0 amide bonds. The molecule has 0 fully saturated rings. The number of aromatic nitrogens is 3. The number of hydrogen-bond donors (Lipinski definition) is 2. The maximum atomic E-state index is 11.4. The Morgan fingerprint density at radius 2 is 1.90 bits per heavy atom. The molecule has 0 spiro atoms. The van der Waals surface area contributed by atoms with Crippen molar-refractivity contribution in [2.24, 2.45) is 0 Å². The van der Waals surface area contributed by atoms with Crippen LogP contribution in [0.5, 0.6) is 0 Å². The molecule has 150 valence electrons. The zero-order chi connectivity index (χ0) is 21.4. The molecule has 0 aliphatic heterocycles. The Hall–Kier alpha value is -4.44. The van der Waals surface area contributed by atoms with E-state index in [0.29, 0.717) is 16.8 Å². The van der Waals surface area contributed by atoms with Gasteiger partial charge >= 0.3 is 5.76 Å². The second-order valence-corrected chi connectivity index (χ2v) is 7.25. The summed E-state index contributed by atoms with van der Waals surface area (Å²) < 4.78 is 5.14. The average Bonchev–Trinajstić information content (AvgIpc) is 3.18. The number of oxazole rings is 1. The lowest BCUT2D eigenvalue weighted by atomic mass is 10.0. The van der Waals surface area contributed by atoms with Crippen LogP contribution in [0.2, 0.25) is 0 Å². The molecular formula is C24H17N5O2. The number of fused-ring (bicyclic) bond motifs is 2. The molecular weight excluding hydrogens is 390 g/mol. The molecule has 5 rings (SSSR count). The highest BCUT2D eigenvalue weighted by Crippen LogP contribution is 2.33. The van der Waals surface area contributed by atoms with Gasteiger partial charge in [0.05, 0.1) is 16.8 Å². The minimum atomic E-state index is -0.539. The number of rotatable bonds is 4. The van der Waals surface area contributed by atoms with Crippen LogP contribution in [0.1, 0.15) is 24.1 Å². The SMILES string of the molecule is CC(Nc1c(C#N)cnc2ccc(-c3cnc4[nH]c(=O)oc4c3)cc12)c1ccccc1. The summed E-state index contributed by atoms with van der Waals surface area (Å²) in [5.74, 6) is -0.539. The zero-order valence-electron chi connectivity index (χ0n) is 16.6. The molecule has 3 heterocycles. The number of aromatic amines is 1. The first-order valence-electron chi connectivity index (χ1n) is 9.76. The van der Waals surface area contributed by atoms with Gasteiger partial charge in [-0.15, -0.1) is 0 Å². The molecule has 31 heavy (non-hydrogen) atoms. The molecule has 0 radical (unpaired) electrons. The zero-order valence-corrected chi connectivity index (χ0v) is 16.6. The monoisotopic (exact) mass is 407 g/mol. The number of H-pyrrole nitrogens is 1. The lowest BCUT2D eigenvalue weighted by Crippen LogP contribution is -2.08. The summed E-state index contributed by atoms with van der Waals surface area (Å²) in [6.07, 6.45) is 3.26. The van der Waals surface area contributed by atoms with Gasteiger partial charge in [-0.1, -0.05) is 36.4 Å². The molecule has 0 saturated heterocycles. The molecule has 0 aliphatic carbocycles. The Labute approximate surface area is 177 Å². The van der Waals surface area contributed by atoms with Crippen LogP contribution >= 0.6 is 0 Å². The van der Waals surface area contributed by atoms with Crippen LogP contribution < -0.4 is 11.1 Å². The summed E-state index contributed by atoms with van der Waals surface area (Å²) in [6, 6.07) is 19.9. The number of pyridine rings is 2. The molecule has 5 aromatic rings. The molecule has 2 N–H and O–H groups in total. The van der Waals surface area contributed by atoms with Crippen LogP contribution in [0.3, 0.4) is 0 Å². The Kier molecular flexibility index (Phi) is 4.45. The maximum Gasteiger partial charge on any atom is 0.418 e. The summed E-state index contributed by atoms with van der Waals surface area (Å²) in [6.45, 7) is 2.05. The van der Waals surface area contributed by atoms with Gasteiger partial charge in [0.25, 0.3) is 0 Å². The first-order chi connectivity index (χ1) is 15.1. The van der Waals surface area contributed by atoms with E-state index in [0.717, 1.165) is 33.3 Å². The van der Waals surface area contributed by atoms with E-state index in [1.807, 2.05) is 48.5 Å². The van der Waals surface area contributed by atoms with Crippen LogP contribution in [0.4, 0.5) is 5.69 Å². The van der Waals surface area contributed by atoms with Crippen molar-refractivity contribution in [2.75, 3.05) is 5.32 Å². The number of anilines is 1. The number of nitrogens with one attached hydrogen (secondary N) is 2. The van der Waals surface area contributed by atoms with Gasteiger partial charge in [0.2, 0.25) is 0 Å². The van der Waals surface area contributed by atoms with Crippen molar-refractivity contribution in [2.45, 2.75) is 13.0 Å². The van der Waals surface area contributed by atoms with E-state index in [1.165, 1.54) is 0 Å². The maximum absolute atomic E-state index is 11.4. The molecule has 1 atom stereocenters. The van der Waals surface area contributed by atoms with Gasteiger partial charge in [0, 0.05) is 29.4 Å². The van der Waals surface area contributed by atoms with E-state index < -0.39 is 5.76 Å². The van der Waals surface area contributed by atoms with Crippen molar-refractivity contribution in [3.05, 3.63) is 88.7 Å². The minimum absolute atomic E-state index is 0.00490. The molecule has 0 saturated carbocycles. The summed E-state index contributed by atoms with van der Waals surface area (Å²) in [5.41, 5.74) is 5.55. The summed E-state index contributed by atoms with van der Waals surface area (Å²) in [4.78, 5) is 22.7. The number of nitrogens with zero attached hydrogens (tertiary/aromatic N) is 3. The van der Waals surface area contributed by atoms with E-state index in [1.54, 1.807) is 18.5 Å². The fraction of sp³-hybridized carbons (Fsp3) is 0.0833. The first-order valence-corrected chi connectivity index (χ1v) is 9.76. The average molecular weight is 407 g/mol. The summed E-state index contributed by atoms with van der Waals surface area (Å²) >= 11 is 0. The van der Waals surface area contributed by atoms with Crippen LogP contribution in [-0.2, 0) is 0 Å². The lowest BCUT2D eigenvalue weighted by molar-refractivity contribution is 0.555. The van der Waals surface area contributed by atoms with Crippen molar-refractivity contribution in [1.82, 2.24) is 15.0 Å². The number of nitriles is 1. The summed E-state index contributed by atoms with van der Waals surface area (Å²) in [5, 5.41) is 14.0. The standard InChI is InChI=1S/C24H17N5O2/c1-14(15-5-3-2-4-6-15)28-22-18(11-25)13-26-20-8-7-16(9-19(20)22)17-10-21-23(27-12-17)29-24(30)31-21/h2-10,12-14H,1H3,(H,26,28)(H,27,29,30). The third-order valence-corrected chi connectivity index (χ3v) is 5.26. The highest BCUT2D eigenvalue weighted by atomic mass is 16.4. The highest BCUT2D eigenvalue weighted by Gasteiger charge is 2.14. The van der Waals surface area contributed by atoms with Gasteiger partial charge < -0.3 is 9.73 Å². The molecule has 0 bridgehead atoms. The molecule has 7 nitrogen and oxygen atoms in total. The van der Waals surface area contributed by atoms with E-state index in [-0.39, 0.29) is 6.04 Å². The smallest absolute Gasteiger partial charge is 0.406 e. The predicted molar refractivity (Wildman–Crippen MR) is 119 cm³/mol. The van der Waals surface area contributed by atoms with Crippen molar-refractivity contribution in [1.29, 1.82) is 5.26 Å². The van der Waals surface area contributed by atoms with Crippen LogP contribution in [0.15, 0.2) is 76.2 Å². The normalized spacial score (nSPS) is 12.0. The number of benzene rings is 2. The Balaban J connectivity index is 1.63. The van der Waals surface area contributed by atoms with E-state index >= 15 is 0 Å². The molecule has 3 aromatic heterocycles. The van der Waals surface area contributed by atoms with E-state index in [4.69, 9.17) is 4.42 Å². The molecule has 1 unspecified atom stereocenters. The molecule has 2 aromatic carbocycles. The summed E-state index contributed by atoms with van der Waals surface area (Å²) in [7, 11) is 0. The minimum Gasteiger partial charge on any atom is -0.406 e. The topological polar surface area (TPSA) is 108 Å². The van der Waals surface area contributed by atoms with Crippen molar-refractivity contribution in [3.8, 4) is 17.2 Å². The van der Waals surface area contributed by atoms with Gasteiger partial charge in [0.15, 0.2) is 11.2 Å². The predicted octanol–water partition coefficient (Wildman–Crippen LogP) is 4.78. The number of hydrogen-bond acceptors (Lipinski definition) is 6. The third kappa shape index (κ3) is 3.40. The quantitative estimate of drug-likeness (QED) is 0.444. The first kappa shape index (κ1) is 18.6. The van der Waals surface area contributed by atoms with Crippen LogP contribution in [-0.4, -0.2) is 15.0 Å². The Bertz CT molecular complexity index is 1510. The van der Waals surface area contributed by atoms with Gasteiger partial charge in [-0.3, -0.25) is 9.97 Å². The van der Waals surface area contributed by atoms with Gasteiger partial charge in [0.1, 0.15) is 6.07 Å². The second-order valence-electron chi connectivity index (χ2n) is 7.25. The van der Waals surface area contributed by atoms with Gasteiger partial charge in [-0.25, -0.2) is 9.78 Å².